The van der Waals surface area contributed by atoms with E-state index in [2.05, 4.69) is 26.3 Å². The average molecular weight is 511 g/mol. The number of hydrogen-bond donors (Lipinski definition) is 0. The zero-order valence-electron chi connectivity index (χ0n) is 21.2. The number of hydrogen-bond acceptors (Lipinski definition) is 8. The molecule has 8 nitrogen and oxygen atoms in total. The Balaban J connectivity index is 2.85. The van der Waals surface area contributed by atoms with Crippen LogP contribution in [0.1, 0.15) is 52.5 Å². The van der Waals surface area contributed by atoms with Crippen LogP contribution in [0.5, 0.6) is 0 Å². The Morgan fingerprint density at radius 1 is 0.865 bits per heavy atom. The van der Waals surface area contributed by atoms with Crippen molar-refractivity contribution in [3.05, 3.63) is 85.5 Å². The highest BCUT2D eigenvalue weighted by molar-refractivity contribution is 6.00. The Bertz CT molecular complexity index is 1060. The molecule has 8 heteroatoms. The number of ether oxygens (including phenoxy) is 4. The van der Waals surface area contributed by atoms with Gasteiger partial charge in [-0.25, -0.2) is 9.59 Å². The van der Waals surface area contributed by atoms with E-state index >= 15 is 0 Å². The molecule has 1 aromatic carbocycles. The Morgan fingerprint density at radius 2 is 1.43 bits per heavy atom. The van der Waals surface area contributed by atoms with Crippen LogP contribution in [0.2, 0.25) is 0 Å². The Kier molecular flexibility index (Phi) is 11.1. The van der Waals surface area contributed by atoms with Crippen LogP contribution in [-0.4, -0.2) is 50.3 Å². The molecule has 0 amide bonds. The van der Waals surface area contributed by atoms with Gasteiger partial charge in [-0.15, -0.1) is 0 Å². The molecule has 0 aliphatic heterocycles. The van der Waals surface area contributed by atoms with Crippen molar-refractivity contribution < 1.29 is 38.1 Å². The Hall–Kier alpha value is -3.94. The van der Waals surface area contributed by atoms with Gasteiger partial charge in [0.2, 0.25) is 0 Å². The maximum absolute atomic E-state index is 13.9. The predicted octanol–water partition coefficient (Wildman–Crippen LogP) is 4.50. The minimum absolute atomic E-state index is 0.0216. The summed E-state index contributed by atoms with van der Waals surface area (Å²) in [5, 5.41) is 0. The molecule has 0 bridgehead atoms. The summed E-state index contributed by atoms with van der Waals surface area (Å²) in [4.78, 5) is 53.1. The summed E-state index contributed by atoms with van der Waals surface area (Å²) in [7, 11) is 0. The molecule has 3 unspecified atom stereocenters. The molecule has 1 saturated carbocycles. The average Bonchev–Trinajstić information content (AvgIpc) is 2.91. The first-order chi connectivity index (χ1) is 17.8. The molecular weight excluding hydrogens is 476 g/mol. The van der Waals surface area contributed by atoms with E-state index in [4.69, 9.17) is 18.9 Å². The van der Waals surface area contributed by atoms with E-state index in [-0.39, 0.29) is 55.5 Å². The molecule has 3 atom stereocenters. The van der Waals surface area contributed by atoms with E-state index in [9.17, 15) is 19.2 Å². The van der Waals surface area contributed by atoms with Gasteiger partial charge in [-0.2, -0.15) is 0 Å². The van der Waals surface area contributed by atoms with E-state index in [1.165, 1.54) is 42.5 Å². The molecule has 0 radical (unpaired) electrons. The van der Waals surface area contributed by atoms with Gasteiger partial charge in [-0.1, -0.05) is 64.0 Å². The van der Waals surface area contributed by atoms with Crippen molar-refractivity contribution in [1.82, 2.24) is 0 Å². The smallest absolute Gasteiger partial charge is 0.338 e. The minimum atomic E-state index is -1.64. The maximum atomic E-state index is 13.9. The van der Waals surface area contributed by atoms with Gasteiger partial charge in [-0.3, -0.25) is 9.59 Å². The summed E-state index contributed by atoms with van der Waals surface area (Å²) in [6, 6.07) is 4.19. The van der Waals surface area contributed by atoms with E-state index in [1.54, 1.807) is 0 Å². The van der Waals surface area contributed by atoms with Crippen LogP contribution < -0.4 is 0 Å². The molecule has 0 heterocycles. The van der Waals surface area contributed by atoms with E-state index in [0.29, 0.717) is 12.8 Å². The van der Waals surface area contributed by atoms with Gasteiger partial charge in [0.1, 0.15) is 31.8 Å². The van der Waals surface area contributed by atoms with Crippen molar-refractivity contribution in [1.29, 1.82) is 0 Å². The molecule has 198 valence electrons. The lowest BCUT2D eigenvalue weighted by atomic mass is 9.58. The summed E-state index contributed by atoms with van der Waals surface area (Å²) in [6.45, 7) is 15.8. The lowest BCUT2D eigenvalue weighted by molar-refractivity contribution is -0.167. The fourth-order valence-electron chi connectivity index (χ4n) is 4.73. The Labute approximate surface area is 217 Å². The first-order valence-corrected chi connectivity index (χ1v) is 12.0. The molecule has 0 saturated heterocycles. The fraction of sp³-hybridized carbons (Fsp3) is 0.379. The van der Waals surface area contributed by atoms with Crippen LogP contribution in [0.25, 0.3) is 0 Å². The number of benzene rings is 1. The minimum Gasteiger partial charge on any atom is -0.461 e. The van der Waals surface area contributed by atoms with E-state index in [0.717, 1.165) is 0 Å². The van der Waals surface area contributed by atoms with Crippen molar-refractivity contribution in [3.63, 3.8) is 0 Å². The second-order valence-corrected chi connectivity index (χ2v) is 8.66. The highest BCUT2D eigenvalue weighted by Gasteiger charge is 2.57. The van der Waals surface area contributed by atoms with E-state index < -0.39 is 35.2 Å². The maximum Gasteiger partial charge on any atom is 0.338 e. The topological polar surface area (TPSA) is 105 Å². The highest BCUT2D eigenvalue weighted by Crippen LogP contribution is 2.49. The molecular formula is C29H34O8. The molecule has 1 fully saturated rings. The van der Waals surface area contributed by atoms with Gasteiger partial charge in [0.15, 0.2) is 0 Å². The summed E-state index contributed by atoms with van der Waals surface area (Å²) in [5.74, 6) is -4.11. The standard InChI is InChI=1S/C29H34O8/c1-6-15-34-25(30)21-12-13-22(26(31)35-16-7-2)23(19-21)29(28(33)37-18-9-4)14-10-11-20(5)24(29)27(32)36-17-8-3/h6-9,12-13,19-20,24H,1-4,10-11,14-18H2,5H3. The zero-order chi connectivity index (χ0) is 27.4. The van der Waals surface area contributed by atoms with Crippen molar-refractivity contribution in [2.75, 3.05) is 26.4 Å². The normalized spacial score (nSPS) is 20.6. The van der Waals surface area contributed by atoms with Crippen LogP contribution in [-0.2, 0) is 34.0 Å². The molecule has 0 aromatic heterocycles. The van der Waals surface area contributed by atoms with Gasteiger partial charge >= 0.3 is 23.9 Å². The third kappa shape index (κ3) is 6.64. The zero-order valence-corrected chi connectivity index (χ0v) is 21.2. The summed E-state index contributed by atoms with van der Waals surface area (Å²) < 4.78 is 21.4. The summed E-state index contributed by atoms with van der Waals surface area (Å²) in [6.07, 6.45) is 7.04. The molecule has 1 aromatic rings. The monoisotopic (exact) mass is 510 g/mol. The second kappa shape index (κ2) is 14.0. The van der Waals surface area contributed by atoms with Crippen molar-refractivity contribution in [2.24, 2.45) is 11.8 Å². The van der Waals surface area contributed by atoms with Crippen LogP contribution in [0.15, 0.2) is 68.8 Å². The second-order valence-electron chi connectivity index (χ2n) is 8.66. The van der Waals surface area contributed by atoms with Crippen molar-refractivity contribution in [2.45, 2.75) is 31.6 Å². The third-order valence-corrected chi connectivity index (χ3v) is 6.24. The quantitative estimate of drug-likeness (QED) is 0.217. The number of esters is 4. The van der Waals surface area contributed by atoms with E-state index in [1.807, 2.05) is 6.92 Å². The van der Waals surface area contributed by atoms with Crippen LogP contribution in [0, 0.1) is 11.8 Å². The highest BCUT2D eigenvalue weighted by atomic mass is 16.5. The number of carbonyl (C=O) groups excluding carboxylic acids is 4. The lowest BCUT2D eigenvalue weighted by Crippen LogP contribution is -2.53. The molecule has 0 spiro atoms. The largest absolute Gasteiger partial charge is 0.461 e. The van der Waals surface area contributed by atoms with Crippen LogP contribution >= 0.6 is 0 Å². The molecule has 0 N–H and O–H groups in total. The fourth-order valence-corrected chi connectivity index (χ4v) is 4.73. The first kappa shape index (κ1) is 29.3. The van der Waals surface area contributed by atoms with Crippen molar-refractivity contribution in [3.8, 4) is 0 Å². The summed E-state index contributed by atoms with van der Waals surface area (Å²) in [5.41, 5.74) is -1.40. The van der Waals surface area contributed by atoms with Crippen molar-refractivity contribution >= 4 is 23.9 Å². The Morgan fingerprint density at radius 3 is 2.05 bits per heavy atom. The van der Waals surface area contributed by atoms with Crippen LogP contribution in [0.3, 0.4) is 0 Å². The van der Waals surface area contributed by atoms with Gasteiger partial charge < -0.3 is 18.9 Å². The van der Waals surface area contributed by atoms with Gasteiger partial charge in [0.25, 0.3) is 0 Å². The predicted molar refractivity (Wildman–Crippen MR) is 138 cm³/mol. The molecule has 37 heavy (non-hydrogen) atoms. The lowest BCUT2D eigenvalue weighted by Gasteiger charge is -2.44. The molecule has 1 aliphatic rings. The molecule has 2 rings (SSSR count). The third-order valence-electron chi connectivity index (χ3n) is 6.24. The van der Waals surface area contributed by atoms with Gasteiger partial charge in [0.05, 0.1) is 17.0 Å². The molecule has 1 aliphatic carbocycles. The summed E-state index contributed by atoms with van der Waals surface area (Å²) >= 11 is 0. The number of rotatable bonds is 13. The first-order valence-electron chi connectivity index (χ1n) is 12.0. The SMILES string of the molecule is C=CCOC(=O)c1ccc(C(=O)OCC=C)c(C2(C(=O)OCC=C)CCCC(C)C2C(=O)OCC=C)c1. The number of carbonyl (C=O) groups is 4. The van der Waals surface area contributed by atoms with Crippen LogP contribution in [0.4, 0.5) is 0 Å². The van der Waals surface area contributed by atoms with Gasteiger partial charge in [-0.05, 0) is 42.5 Å². The van der Waals surface area contributed by atoms with Gasteiger partial charge in [0, 0.05) is 0 Å².